The van der Waals surface area contributed by atoms with Crippen molar-refractivity contribution in [2.75, 3.05) is 32.7 Å². The number of methoxy groups -OCH3 is 1. The smallest absolute Gasteiger partial charge is 0.230 e. The largest absolute Gasteiger partial charge is 0.383 e. The summed E-state index contributed by atoms with van der Waals surface area (Å²) in [6.07, 6.45) is 0.963. The Bertz CT molecular complexity index is 411. The summed E-state index contributed by atoms with van der Waals surface area (Å²) in [5.74, 6) is 0.766. The molecule has 0 bridgehead atoms. The van der Waals surface area contributed by atoms with E-state index in [0.29, 0.717) is 31.5 Å². The van der Waals surface area contributed by atoms with Gasteiger partial charge in [-0.05, 0) is 11.5 Å². The van der Waals surface area contributed by atoms with Gasteiger partial charge in [0.25, 0.3) is 0 Å². The third kappa shape index (κ3) is 5.33. The van der Waals surface area contributed by atoms with Crippen molar-refractivity contribution in [3.05, 3.63) is 35.9 Å². The molecule has 0 heterocycles. The maximum absolute atomic E-state index is 13.0. The molecular formula is C17H26ClNO2. The molecule has 0 radical (unpaired) electrons. The van der Waals surface area contributed by atoms with Crippen LogP contribution in [-0.4, -0.2) is 43.5 Å². The quantitative estimate of drug-likeness (QED) is 0.653. The summed E-state index contributed by atoms with van der Waals surface area (Å²) < 4.78 is 5.10. The molecule has 0 aromatic heterocycles. The van der Waals surface area contributed by atoms with Gasteiger partial charge < -0.3 is 9.64 Å². The predicted octanol–water partition coefficient (Wildman–Crippen LogP) is 3.53. The fraction of sp³-hybridized carbons (Fsp3) is 0.588. The normalized spacial score (nSPS) is 13.7. The van der Waals surface area contributed by atoms with Gasteiger partial charge in [-0.1, -0.05) is 50.6 Å². The van der Waals surface area contributed by atoms with Gasteiger partial charge in [-0.25, -0.2) is 0 Å². The van der Waals surface area contributed by atoms with Crippen LogP contribution < -0.4 is 0 Å². The number of nitrogens with zero attached hydrogens (tertiary/aromatic N) is 1. The van der Waals surface area contributed by atoms with Crippen LogP contribution in [0, 0.1) is 5.92 Å². The van der Waals surface area contributed by atoms with Crippen LogP contribution in [0.1, 0.15) is 31.7 Å². The van der Waals surface area contributed by atoms with Gasteiger partial charge in [0.15, 0.2) is 0 Å². The molecule has 1 aromatic carbocycles. The highest BCUT2D eigenvalue weighted by Crippen LogP contribution is 2.29. The van der Waals surface area contributed by atoms with Crippen molar-refractivity contribution in [2.45, 2.75) is 26.2 Å². The molecule has 1 aromatic rings. The Morgan fingerprint density at radius 3 is 2.48 bits per heavy atom. The van der Waals surface area contributed by atoms with Crippen molar-refractivity contribution in [3.63, 3.8) is 0 Å². The van der Waals surface area contributed by atoms with Crippen LogP contribution in [0.5, 0.6) is 0 Å². The zero-order valence-corrected chi connectivity index (χ0v) is 14.0. The van der Waals surface area contributed by atoms with Crippen LogP contribution in [0.4, 0.5) is 0 Å². The van der Waals surface area contributed by atoms with E-state index in [2.05, 4.69) is 13.8 Å². The Hall–Kier alpha value is -1.06. The van der Waals surface area contributed by atoms with Crippen molar-refractivity contribution >= 4 is 17.5 Å². The van der Waals surface area contributed by atoms with E-state index in [0.717, 1.165) is 12.0 Å². The number of ether oxygens (including phenoxy) is 1. The fourth-order valence-corrected chi connectivity index (χ4v) is 2.65. The second kappa shape index (κ2) is 9.80. The highest BCUT2D eigenvalue weighted by molar-refractivity contribution is 6.18. The molecule has 2 atom stereocenters. The lowest BCUT2D eigenvalue weighted by Crippen LogP contribution is -2.40. The maximum Gasteiger partial charge on any atom is 0.230 e. The van der Waals surface area contributed by atoms with Crippen molar-refractivity contribution in [1.82, 2.24) is 4.90 Å². The molecule has 1 rings (SSSR count). The topological polar surface area (TPSA) is 29.5 Å². The molecule has 2 unspecified atom stereocenters. The summed E-state index contributed by atoms with van der Waals surface area (Å²) in [6.45, 7) is 5.93. The first-order chi connectivity index (χ1) is 10.2. The van der Waals surface area contributed by atoms with E-state index in [4.69, 9.17) is 16.3 Å². The molecule has 0 aliphatic rings. The van der Waals surface area contributed by atoms with E-state index < -0.39 is 0 Å². The van der Waals surface area contributed by atoms with Gasteiger partial charge in [-0.15, -0.1) is 11.6 Å². The average molecular weight is 312 g/mol. The van der Waals surface area contributed by atoms with E-state index in [-0.39, 0.29) is 11.8 Å². The van der Waals surface area contributed by atoms with E-state index in [1.165, 1.54) is 0 Å². The zero-order chi connectivity index (χ0) is 15.7. The zero-order valence-electron chi connectivity index (χ0n) is 13.2. The van der Waals surface area contributed by atoms with Gasteiger partial charge in [0.2, 0.25) is 5.91 Å². The molecule has 0 aliphatic heterocycles. The highest BCUT2D eigenvalue weighted by Gasteiger charge is 2.29. The number of amides is 1. The molecule has 0 spiro atoms. The lowest BCUT2D eigenvalue weighted by Gasteiger charge is -2.30. The summed E-state index contributed by atoms with van der Waals surface area (Å²) in [4.78, 5) is 14.8. The monoisotopic (exact) mass is 311 g/mol. The maximum atomic E-state index is 13.0. The molecule has 1 amide bonds. The Labute approximate surface area is 133 Å². The van der Waals surface area contributed by atoms with Gasteiger partial charge in [-0.3, -0.25) is 4.79 Å². The molecule has 0 saturated heterocycles. The fourth-order valence-electron chi connectivity index (χ4n) is 2.44. The minimum absolute atomic E-state index is 0.115. The lowest BCUT2D eigenvalue weighted by atomic mass is 9.84. The van der Waals surface area contributed by atoms with E-state index in [1.807, 2.05) is 35.2 Å². The summed E-state index contributed by atoms with van der Waals surface area (Å²) in [5, 5.41) is 0. The van der Waals surface area contributed by atoms with Crippen molar-refractivity contribution in [1.29, 1.82) is 0 Å². The van der Waals surface area contributed by atoms with Crippen LogP contribution >= 0.6 is 11.6 Å². The van der Waals surface area contributed by atoms with Crippen molar-refractivity contribution in [2.24, 2.45) is 5.92 Å². The molecule has 21 heavy (non-hydrogen) atoms. The number of carbonyl (C=O) groups is 1. The Kier molecular flexibility index (Phi) is 8.40. The number of halogens is 1. The minimum atomic E-state index is -0.115. The Balaban J connectivity index is 2.97. The first-order valence-electron chi connectivity index (χ1n) is 7.54. The van der Waals surface area contributed by atoms with Gasteiger partial charge in [0, 0.05) is 26.1 Å². The SMILES string of the molecule is CCC(C)C(C(=O)N(CCCl)CCOC)c1ccccc1. The third-order valence-electron chi connectivity index (χ3n) is 3.87. The Morgan fingerprint density at radius 1 is 1.29 bits per heavy atom. The van der Waals surface area contributed by atoms with Crippen LogP contribution in [0.3, 0.4) is 0 Å². The van der Waals surface area contributed by atoms with Gasteiger partial charge in [0.1, 0.15) is 0 Å². The summed E-state index contributed by atoms with van der Waals surface area (Å²) in [5.41, 5.74) is 1.08. The first-order valence-corrected chi connectivity index (χ1v) is 8.07. The van der Waals surface area contributed by atoms with Crippen LogP contribution in [0.2, 0.25) is 0 Å². The van der Waals surface area contributed by atoms with Gasteiger partial charge in [-0.2, -0.15) is 0 Å². The van der Waals surface area contributed by atoms with Crippen LogP contribution in [0.25, 0.3) is 0 Å². The summed E-state index contributed by atoms with van der Waals surface area (Å²) in [6, 6.07) is 10.0. The van der Waals surface area contributed by atoms with Gasteiger partial charge >= 0.3 is 0 Å². The number of carbonyl (C=O) groups excluding carboxylic acids is 1. The second-order valence-corrected chi connectivity index (χ2v) is 5.66. The summed E-state index contributed by atoms with van der Waals surface area (Å²) in [7, 11) is 1.65. The van der Waals surface area contributed by atoms with Gasteiger partial charge in [0.05, 0.1) is 12.5 Å². The van der Waals surface area contributed by atoms with Crippen molar-refractivity contribution in [3.8, 4) is 0 Å². The molecule has 0 fully saturated rings. The molecule has 3 nitrogen and oxygen atoms in total. The number of benzene rings is 1. The average Bonchev–Trinajstić information content (AvgIpc) is 2.52. The van der Waals surface area contributed by atoms with E-state index in [9.17, 15) is 4.79 Å². The molecule has 118 valence electrons. The molecular weight excluding hydrogens is 286 g/mol. The van der Waals surface area contributed by atoms with Crippen LogP contribution in [-0.2, 0) is 9.53 Å². The van der Waals surface area contributed by atoms with E-state index in [1.54, 1.807) is 7.11 Å². The highest BCUT2D eigenvalue weighted by atomic mass is 35.5. The van der Waals surface area contributed by atoms with Crippen LogP contribution in [0.15, 0.2) is 30.3 Å². The molecule has 0 saturated carbocycles. The van der Waals surface area contributed by atoms with Crippen molar-refractivity contribution < 1.29 is 9.53 Å². The summed E-state index contributed by atoms with van der Waals surface area (Å²) >= 11 is 5.85. The lowest BCUT2D eigenvalue weighted by molar-refractivity contribution is -0.134. The number of hydrogen-bond donors (Lipinski definition) is 0. The number of alkyl halides is 1. The second-order valence-electron chi connectivity index (χ2n) is 5.28. The standard InChI is InChI=1S/C17H26ClNO2/c1-4-14(2)16(15-8-6-5-7-9-15)17(20)19(11-10-18)12-13-21-3/h5-9,14,16H,4,10-13H2,1-3H3. The minimum Gasteiger partial charge on any atom is -0.383 e. The Morgan fingerprint density at radius 2 is 1.95 bits per heavy atom. The third-order valence-corrected chi connectivity index (χ3v) is 4.04. The first kappa shape index (κ1) is 18.0. The molecule has 0 aliphatic carbocycles. The number of hydrogen-bond acceptors (Lipinski definition) is 2. The number of rotatable bonds is 9. The molecule has 4 heteroatoms. The molecule has 0 N–H and O–H groups in total. The van der Waals surface area contributed by atoms with E-state index >= 15 is 0 Å². The predicted molar refractivity (Wildman–Crippen MR) is 87.8 cm³/mol.